The molecule has 8 nitrogen and oxygen atoms in total. The van der Waals surface area contributed by atoms with E-state index >= 15 is 0 Å². The number of anilines is 2. The molecule has 2 amide bonds. The van der Waals surface area contributed by atoms with Gasteiger partial charge in [0.05, 0.1) is 11.0 Å². The predicted molar refractivity (Wildman–Crippen MR) is 160 cm³/mol. The van der Waals surface area contributed by atoms with Crippen molar-refractivity contribution in [2.45, 2.75) is 12.8 Å². The Morgan fingerprint density at radius 3 is 1.40 bits per heavy atom. The van der Waals surface area contributed by atoms with E-state index in [1.807, 2.05) is 58.3 Å². The molecule has 6 rings (SSSR count). The van der Waals surface area contributed by atoms with E-state index in [9.17, 15) is 9.59 Å². The number of piperazine rings is 2. The number of rotatable bonds is 5. The van der Waals surface area contributed by atoms with Gasteiger partial charge in [-0.05, 0) is 48.5 Å². The maximum Gasteiger partial charge on any atom is 0.223 e. The highest BCUT2D eigenvalue weighted by molar-refractivity contribution is 6.31. The molecule has 0 atom stereocenters. The van der Waals surface area contributed by atoms with Gasteiger partial charge in [-0.15, -0.1) is 0 Å². The van der Waals surface area contributed by atoms with Crippen molar-refractivity contribution in [3.8, 4) is 0 Å². The molecule has 2 fully saturated rings. The smallest absolute Gasteiger partial charge is 0.223 e. The minimum atomic E-state index is 0.0416. The van der Waals surface area contributed by atoms with Crippen LogP contribution >= 0.6 is 23.2 Å². The van der Waals surface area contributed by atoms with Crippen molar-refractivity contribution >= 4 is 68.2 Å². The molecule has 0 saturated carbocycles. The van der Waals surface area contributed by atoms with Gasteiger partial charge >= 0.3 is 0 Å². The van der Waals surface area contributed by atoms with Gasteiger partial charge in [-0.25, -0.2) is 0 Å². The summed E-state index contributed by atoms with van der Waals surface area (Å²) in [6, 6.07) is 15.5. The average Bonchev–Trinajstić information content (AvgIpc) is 2.99. The van der Waals surface area contributed by atoms with E-state index < -0.39 is 0 Å². The van der Waals surface area contributed by atoms with Gasteiger partial charge in [0.15, 0.2) is 0 Å². The van der Waals surface area contributed by atoms with Crippen molar-refractivity contribution in [3.63, 3.8) is 0 Å². The van der Waals surface area contributed by atoms with Crippen LogP contribution in [0.5, 0.6) is 0 Å². The summed E-state index contributed by atoms with van der Waals surface area (Å²) in [4.78, 5) is 43.1. The van der Waals surface area contributed by atoms with Crippen LogP contribution in [0.25, 0.3) is 21.8 Å². The summed E-state index contributed by atoms with van der Waals surface area (Å²) in [5, 5.41) is 3.44. The lowest BCUT2D eigenvalue weighted by Gasteiger charge is -2.37. The van der Waals surface area contributed by atoms with Crippen LogP contribution in [0.4, 0.5) is 11.4 Å². The molecule has 40 heavy (non-hydrogen) atoms. The van der Waals surface area contributed by atoms with Crippen molar-refractivity contribution in [1.82, 2.24) is 19.8 Å². The number of benzene rings is 2. The first-order chi connectivity index (χ1) is 19.5. The number of carbonyl (C=O) groups excluding carboxylic acids is 2. The van der Waals surface area contributed by atoms with Gasteiger partial charge < -0.3 is 19.6 Å². The Morgan fingerprint density at radius 1 is 0.600 bits per heavy atom. The van der Waals surface area contributed by atoms with Crippen molar-refractivity contribution in [2.75, 3.05) is 62.2 Å². The Bertz CT molecular complexity index is 1450. The van der Waals surface area contributed by atoms with E-state index in [1.54, 1.807) is 12.4 Å². The van der Waals surface area contributed by atoms with Crippen molar-refractivity contribution in [2.24, 2.45) is 0 Å². The monoisotopic (exact) mass is 576 g/mol. The highest BCUT2D eigenvalue weighted by atomic mass is 35.5. The van der Waals surface area contributed by atoms with E-state index in [1.165, 1.54) is 0 Å². The SMILES string of the molecule is O=C(CCC(=O)N1CCN(c2ccnc3cc(Cl)ccc23)CC1)N1CCN(c2ccnc3cc(Cl)ccc23)CC1. The Hall–Kier alpha value is -3.62. The van der Waals surface area contributed by atoms with Crippen molar-refractivity contribution in [1.29, 1.82) is 0 Å². The molecule has 2 aliphatic heterocycles. The highest BCUT2D eigenvalue weighted by Crippen LogP contribution is 2.29. The Balaban J connectivity index is 0.986. The summed E-state index contributed by atoms with van der Waals surface area (Å²) < 4.78 is 0. The summed E-state index contributed by atoms with van der Waals surface area (Å²) in [5.41, 5.74) is 3.93. The fourth-order valence-corrected chi connectivity index (χ4v) is 6.02. The van der Waals surface area contributed by atoms with Crippen LogP contribution < -0.4 is 9.80 Å². The first-order valence-corrected chi connectivity index (χ1v) is 14.4. The molecule has 2 saturated heterocycles. The second-order valence-electron chi connectivity index (χ2n) is 10.2. The Kier molecular flexibility index (Phi) is 7.63. The topological polar surface area (TPSA) is 72.9 Å². The molecule has 0 N–H and O–H groups in total. The molecule has 10 heteroatoms. The van der Waals surface area contributed by atoms with E-state index in [-0.39, 0.29) is 24.7 Å². The molecule has 0 radical (unpaired) electrons. The van der Waals surface area contributed by atoms with Crippen LogP contribution in [0, 0.1) is 0 Å². The fourth-order valence-electron chi connectivity index (χ4n) is 5.69. The molecular formula is C30H30Cl2N6O2. The molecule has 4 heterocycles. The normalized spacial score (nSPS) is 16.1. The summed E-state index contributed by atoms with van der Waals surface area (Å²) in [7, 11) is 0. The zero-order valence-electron chi connectivity index (χ0n) is 22.1. The summed E-state index contributed by atoms with van der Waals surface area (Å²) in [6.07, 6.45) is 4.08. The van der Waals surface area contributed by atoms with Crippen molar-refractivity contribution < 1.29 is 9.59 Å². The molecule has 0 aliphatic carbocycles. The van der Waals surface area contributed by atoms with Crippen molar-refractivity contribution in [3.05, 3.63) is 71.0 Å². The van der Waals surface area contributed by atoms with Crippen LogP contribution in [0.15, 0.2) is 60.9 Å². The first kappa shape index (κ1) is 26.6. The summed E-state index contributed by atoms with van der Waals surface area (Å²) in [6.45, 7) is 5.47. The van der Waals surface area contributed by atoms with Gasteiger partial charge in [-0.1, -0.05) is 23.2 Å². The molecule has 2 aromatic heterocycles. The molecule has 206 valence electrons. The molecule has 4 aromatic rings. The maximum atomic E-state index is 13.0. The van der Waals surface area contributed by atoms with Crippen LogP contribution in [-0.4, -0.2) is 83.9 Å². The average molecular weight is 578 g/mol. The highest BCUT2D eigenvalue weighted by Gasteiger charge is 2.26. The van der Waals surface area contributed by atoms with Gasteiger partial charge in [0.25, 0.3) is 0 Å². The standard InChI is InChI=1S/C30H30Cl2N6O2/c31-21-1-3-23-25(19-21)33-9-7-27(23)35-11-15-37(16-12-35)29(39)5-6-30(40)38-17-13-36(14-18-38)28-8-10-34-26-20-22(32)2-4-24(26)28/h1-4,7-10,19-20H,5-6,11-18H2. The van der Waals surface area contributed by atoms with E-state index in [0.717, 1.165) is 59.4 Å². The van der Waals surface area contributed by atoms with E-state index in [0.29, 0.717) is 36.2 Å². The molecule has 0 unspecified atom stereocenters. The molecule has 0 bridgehead atoms. The maximum absolute atomic E-state index is 13.0. The second-order valence-corrected chi connectivity index (χ2v) is 11.1. The quantitative estimate of drug-likeness (QED) is 0.337. The van der Waals surface area contributed by atoms with Gasteiger partial charge in [0.2, 0.25) is 11.8 Å². The summed E-state index contributed by atoms with van der Waals surface area (Å²) in [5.74, 6) is 0.0832. The lowest BCUT2D eigenvalue weighted by Crippen LogP contribution is -2.50. The van der Waals surface area contributed by atoms with Gasteiger partial charge in [-0.2, -0.15) is 0 Å². The number of nitrogens with zero attached hydrogens (tertiary/aromatic N) is 6. The van der Waals surface area contributed by atoms with Crippen LogP contribution in [0.2, 0.25) is 10.0 Å². The number of amides is 2. The number of carbonyl (C=O) groups is 2. The third kappa shape index (κ3) is 5.51. The molecule has 2 aromatic carbocycles. The molecule has 2 aliphatic rings. The predicted octanol–water partition coefficient (Wildman–Crippen LogP) is 4.87. The number of pyridine rings is 2. The Morgan fingerprint density at radius 2 is 1.00 bits per heavy atom. The van der Waals surface area contributed by atoms with Crippen LogP contribution in [0.3, 0.4) is 0 Å². The zero-order valence-corrected chi connectivity index (χ0v) is 23.6. The lowest BCUT2D eigenvalue weighted by molar-refractivity contribution is -0.137. The minimum Gasteiger partial charge on any atom is -0.367 e. The number of aromatic nitrogens is 2. The minimum absolute atomic E-state index is 0.0416. The second kappa shape index (κ2) is 11.5. The zero-order chi connectivity index (χ0) is 27.6. The van der Waals surface area contributed by atoms with E-state index in [2.05, 4.69) is 19.8 Å². The first-order valence-electron chi connectivity index (χ1n) is 13.6. The third-order valence-corrected chi connectivity index (χ3v) is 8.33. The van der Waals surface area contributed by atoms with Gasteiger partial charge in [0, 0.05) is 110 Å². The lowest BCUT2D eigenvalue weighted by atomic mass is 10.1. The number of halogens is 2. The Labute approximate surface area is 243 Å². The summed E-state index contributed by atoms with van der Waals surface area (Å²) >= 11 is 12.3. The van der Waals surface area contributed by atoms with Crippen LogP contribution in [-0.2, 0) is 9.59 Å². The van der Waals surface area contributed by atoms with Crippen LogP contribution in [0.1, 0.15) is 12.8 Å². The number of fused-ring (bicyclic) bond motifs is 2. The van der Waals surface area contributed by atoms with Gasteiger partial charge in [0.1, 0.15) is 0 Å². The number of hydrogen-bond donors (Lipinski definition) is 0. The molecule has 0 spiro atoms. The van der Waals surface area contributed by atoms with Gasteiger partial charge in [-0.3, -0.25) is 19.6 Å². The largest absolute Gasteiger partial charge is 0.367 e. The molecular weight excluding hydrogens is 547 g/mol. The third-order valence-electron chi connectivity index (χ3n) is 7.86. The fraction of sp³-hybridized carbons (Fsp3) is 0.333. The van der Waals surface area contributed by atoms with E-state index in [4.69, 9.17) is 23.2 Å². The number of hydrogen-bond acceptors (Lipinski definition) is 6.